The fourth-order valence-electron chi connectivity index (χ4n) is 2.48. The van der Waals surface area contributed by atoms with Crippen molar-refractivity contribution in [1.29, 1.82) is 0 Å². The zero-order chi connectivity index (χ0) is 8.60. The Bertz CT molecular complexity index is 157. The predicted octanol–water partition coefficient (Wildman–Crippen LogP) is 1.31. The molecule has 2 nitrogen and oxygen atoms in total. The molecular formula is C10H18O2. The molecule has 0 spiro atoms. The number of rotatable bonds is 3. The van der Waals surface area contributed by atoms with Gasteiger partial charge in [-0.3, -0.25) is 0 Å². The molecule has 2 aliphatic rings. The SMILES string of the molecule is OCC1([C@@H](O)C2CCCC2)CC1. The molecule has 12 heavy (non-hydrogen) atoms. The molecule has 0 saturated heterocycles. The van der Waals surface area contributed by atoms with Crippen LogP contribution in [0.3, 0.4) is 0 Å². The molecule has 2 rings (SSSR count). The Morgan fingerprint density at radius 2 is 1.83 bits per heavy atom. The third-order valence-corrected chi connectivity index (χ3v) is 3.68. The van der Waals surface area contributed by atoms with E-state index in [-0.39, 0.29) is 18.1 Å². The fourth-order valence-corrected chi connectivity index (χ4v) is 2.48. The van der Waals surface area contributed by atoms with Crippen LogP contribution in [0.15, 0.2) is 0 Å². The quantitative estimate of drug-likeness (QED) is 0.670. The highest BCUT2D eigenvalue weighted by atomic mass is 16.3. The summed E-state index contributed by atoms with van der Waals surface area (Å²) in [5.41, 5.74) is -0.0744. The van der Waals surface area contributed by atoms with Gasteiger partial charge in [-0.1, -0.05) is 12.8 Å². The monoisotopic (exact) mass is 170 g/mol. The maximum absolute atomic E-state index is 9.98. The topological polar surface area (TPSA) is 40.5 Å². The maximum atomic E-state index is 9.98. The maximum Gasteiger partial charge on any atom is 0.0646 e. The van der Waals surface area contributed by atoms with Gasteiger partial charge in [0.15, 0.2) is 0 Å². The van der Waals surface area contributed by atoms with Crippen molar-refractivity contribution in [1.82, 2.24) is 0 Å². The minimum absolute atomic E-state index is 0.0744. The molecule has 2 N–H and O–H groups in total. The lowest BCUT2D eigenvalue weighted by molar-refractivity contribution is 0.00945. The summed E-state index contributed by atoms with van der Waals surface area (Å²) in [6.45, 7) is 0.185. The van der Waals surface area contributed by atoms with Crippen LogP contribution in [0.1, 0.15) is 38.5 Å². The summed E-state index contributed by atoms with van der Waals surface area (Å²) in [5, 5.41) is 19.1. The highest BCUT2D eigenvalue weighted by Crippen LogP contribution is 2.52. The van der Waals surface area contributed by atoms with E-state index in [9.17, 15) is 5.11 Å². The van der Waals surface area contributed by atoms with Crippen molar-refractivity contribution < 1.29 is 10.2 Å². The Hall–Kier alpha value is -0.0800. The van der Waals surface area contributed by atoms with Gasteiger partial charge >= 0.3 is 0 Å². The third kappa shape index (κ3) is 1.27. The van der Waals surface area contributed by atoms with Gasteiger partial charge in [0, 0.05) is 5.41 Å². The van der Waals surface area contributed by atoms with Gasteiger partial charge in [0.05, 0.1) is 12.7 Å². The van der Waals surface area contributed by atoms with E-state index in [0.717, 1.165) is 12.8 Å². The van der Waals surface area contributed by atoms with Crippen LogP contribution < -0.4 is 0 Å². The standard InChI is InChI=1S/C10H18O2/c11-7-10(5-6-10)9(12)8-3-1-2-4-8/h8-9,11-12H,1-7H2/t9-/m0/s1. The largest absolute Gasteiger partial charge is 0.396 e. The Morgan fingerprint density at radius 3 is 2.25 bits per heavy atom. The average molecular weight is 170 g/mol. The second-order valence-corrected chi connectivity index (χ2v) is 4.51. The summed E-state index contributed by atoms with van der Waals surface area (Å²) in [7, 11) is 0. The molecule has 0 amide bonds. The van der Waals surface area contributed by atoms with Crippen LogP contribution in [0.5, 0.6) is 0 Å². The van der Waals surface area contributed by atoms with E-state index in [1.165, 1.54) is 25.7 Å². The molecule has 0 aliphatic heterocycles. The molecule has 0 unspecified atom stereocenters. The molecule has 0 aromatic carbocycles. The zero-order valence-corrected chi connectivity index (χ0v) is 7.50. The Balaban J connectivity index is 1.94. The fraction of sp³-hybridized carbons (Fsp3) is 1.00. The first kappa shape index (κ1) is 8.52. The van der Waals surface area contributed by atoms with Gasteiger partial charge in [0.1, 0.15) is 0 Å². The Morgan fingerprint density at radius 1 is 1.25 bits per heavy atom. The van der Waals surface area contributed by atoms with Crippen LogP contribution in [-0.4, -0.2) is 22.9 Å². The summed E-state index contributed by atoms with van der Waals surface area (Å²) in [6, 6.07) is 0. The van der Waals surface area contributed by atoms with Crippen LogP contribution in [0.4, 0.5) is 0 Å². The van der Waals surface area contributed by atoms with Crippen LogP contribution >= 0.6 is 0 Å². The van der Waals surface area contributed by atoms with E-state index in [0.29, 0.717) is 5.92 Å². The molecule has 0 aromatic rings. The zero-order valence-electron chi connectivity index (χ0n) is 7.50. The van der Waals surface area contributed by atoms with Crippen molar-refractivity contribution in [2.45, 2.75) is 44.6 Å². The number of aliphatic hydroxyl groups excluding tert-OH is 2. The Kier molecular flexibility index (Phi) is 2.13. The highest BCUT2D eigenvalue weighted by Gasteiger charge is 2.51. The third-order valence-electron chi connectivity index (χ3n) is 3.68. The molecule has 2 saturated carbocycles. The highest BCUT2D eigenvalue weighted by molar-refractivity contribution is 5.01. The van der Waals surface area contributed by atoms with Gasteiger partial charge in [-0.25, -0.2) is 0 Å². The van der Waals surface area contributed by atoms with Crippen LogP contribution in [0.25, 0.3) is 0 Å². The molecule has 70 valence electrons. The summed E-state index contributed by atoms with van der Waals surface area (Å²) >= 11 is 0. The van der Waals surface area contributed by atoms with Gasteiger partial charge in [0.25, 0.3) is 0 Å². The molecule has 0 bridgehead atoms. The molecular weight excluding hydrogens is 152 g/mol. The second kappa shape index (κ2) is 3.00. The summed E-state index contributed by atoms with van der Waals surface area (Å²) in [5.74, 6) is 0.486. The predicted molar refractivity (Wildman–Crippen MR) is 46.7 cm³/mol. The van der Waals surface area contributed by atoms with E-state index in [2.05, 4.69) is 0 Å². The van der Waals surface area contributed by atoms with Gasteiger partial charge in [-0.2, -0.15) is 0 Å². The minimum Gasteiger partial charge on any atom is -0.396 e. The molecule has 0 radical (unpaired) electrons. The molecule has 2 heteroatoms. The number of hydrogen-bond acceptors (Lipinski definition) is 2. The lowest BCUT2D eigenvalue weighted by atomic mass is 9.88. The lowest BCUT2D eigenvalue weighted by Gasteiger charge is -2.25. The molecule has 0 heterocycles. The van der Waals surface area contributed by atoms with Crippen molar-refractivity contribution in [2.24, 2.45) is 11.3 Å². The van der Waals surface area contributed by atoms with Gasteiger partial charge < -0.3 is 10.2 Å². The van der Waals surface area contributed by atoms with Gasteiger partial charge in [0.2, 0.25) is 0 Å². The molecule has 2 fully saturated rings. The van der Waals surface area contributed by atoms with Gasteiger partial charge in [-0.05, 0) is 31.6 Å². The van der Waals surface area contributed by atoms with Crippen LogP contribution in [-0.2, 0) is 0 Å². The number of hydrogen-bond donors (Lipinski definition) is 2. The molecule has 1 atom stereocenters. The first-order chi connectivity index (χ1) is 5.78. The second-order valence-electron chi connectivity index (χ2n) is 4.51. The minimum atomic E-state index is -0.218. The van der Waals surface area contributed by atoms with E-state index < -0.39 is 0 Å². The number of aliphatic hydroxyl groups is 2. The molecule has 0 aromatic heterocycles. The average Bonchev–Trinajstić information content (AvgIpc) is 2.71. The van der Waals surface area contributed by atoms with Crippen molar-refractivity contribution in [3.05, 3.63) is 0 Å². The molecule has 2 aliphatic carbocycles. The van der Waals surface area contributed by atoms with E-state index in [1.807, 2.05) is 0 Å². The van der Waals surface area contributed by atoms with E-state index in [1.54, 1.807) is 0 Å². The van der Waals surface area contributed by atoms with Crippen LogP contribution in [0.2, 0.25) is 0 Å². The van der Waals surface area contributed by atoms with Crippen molar-refractivity contribution >= 4 is 0 Å². The smallest absolute Gasteiger partial charge is 0.0646 e. The van der Waals surface area contributed by atoms with Crippen molar-refractivity contribution in [3.63, 3.8) is 0 Å². The summed E-state index contributed by atoms with van der Waals surface area (Å²) < 4.78 is 0. The van der Waals surface area contributed by atoms with E-state index in [4.69, 9.17) is 5.11 Å². The first-order valence-electron chi connectivity index (χ1n) is 5.07. The normalized spacial score (nSPS) is 30.5. The first-order valence-corrected chi connectivity index (χ1v) is 5.07. The van der Waals surface area contributed by atoms with Crippen molar-refractivity contribution in [2.75, 3.05) is 6.61 Å². The summed E-state index contributed by atoms with van der Waals surface area (Å²) in [6.07, 6.45) is 6.71. The van der Waals surface area contributed by atoms with Crippen molar-refractivity contribution in [3.8, 4) is 0 Å². The summed E-state index contributed by atoms with van der Waals surface area (Å²) in [4.78, 5) is 0. The Labute approximate surface area is 73.6 Å². The van der Waals surface area contributed by atoms with E-state index >= 15 is 0 Å². The lowest BCUT2D eigenvalue weighted by Crippen LogP contribution is -2.31. The van der Waals surface area contributed by atoms with Crippen LogP contribution in [0, 0.1) is 11.3 Å². The van der Waals surface area contributed by atoms with Gasteiger partial charge in [-0.15, -0.1) is 0 Å².